The minimum Gasteiger partial charge on any atom is -0.276 e. The van der Waals surface area contributed by atoms with Gasteiger partial charge in [-0.15, -0.1) is 0 Å². The summed E-state index contributed by atoms with van der Waals surface area (Å²) in [6, 6.07) is 22.9. The Kier molecular flexibility index (Phi) is 4.57. The van der Waals surface area contributed by atoms with Crippen LogP contribution in [0.25, 0.3) is 22.2 Å². The number of benzene rings is 3. The average molecular weight is 410 g/mol. The molecular formula is C22H16ClNO3S. The van der Waals surface area contributed by atoms with Gasteiger partial charge in [-0.05, 0) is 54.1 Å². The molecule has 4 rings (SSSR count). The fourth-order valence-electron chi connectivity index (χ4n) is 3.19. The van der Waals surface area contributed by atoms with Crippen LogP contribution in [0.2, 0.25) is 5.02 Å². The minimum absolute atomic E-state index is 0.211. The number of fused-ring (bicyclic) bond motifs is 1. The van der Waals surface area contributed by atoms with E-state index in [2.05, 4.69) is 0 Å². The number of carbonyl (C=O) groups is 1. The molecule has 0 spiro atoms. The maximum atomic E-state index is 13.3. The van der Waals surface area contributed by atoms with E-state index in [4.69, 9.17) is 11.6 Å². The summed E-state index contributed by atoms with van der Waals surface area (Å²) < 4.78 is 25.5. The van der Waals surface area contributed by atoms with Gasteiger partial charge in [0.05, 0.1) is 16.1 Å². The van der Waals surface area contributed by atoms with Gasteiger partial charge in [0, 0.05) is 22.2 Å². The summed E-state index contributed by atoms with van der Waals surface area (Å²) in [7, 11) is -3.35. The zero-order valence-corrected chi connectivity index (χ0v) is 16.5. The smallest absolute Gasteiger partial charge is 0.262 e. The second kappa shape index (κ2) is 6.93. The van der Waals surface area contributed by atoms with E-state index in [1.807, 2.05) is 36.4 Å². The quantitative estimate of drug-likeness (QED) is 0.475. The fourth-order valence-corrected chi connectivity index (χ4v) is 3.97. The number of nitrogens with zero attached hydrogens (tertiary/aromatic N) is 1. The van der Waals surface area contributed by atoms with Crippen LogP contribution in [0.3, 0.4) is 0 Å². The topological polar surface area (TPSA) is 56.1 Å². The van der Waals surface area contributed by atoms with Gasteiger partial charge in [-0.3, -0.25) is 9.36 Å². The van der Waals surface area contributed by atoms with E-state index in [1.165, 1.54) is 12.3 Å². The Morgan fingerprint density at radius 3 is 2.21 bits per heavy atom. The molecule has 0 aliphatic carbocycles. The number of rotatable bonds is 3. The molecule has 3 aromatic carbocycles. The Morgan fingerprint density at radius 2 is 1.57 bits per heavy atom. The first-order chi connectivity index (χ1) is 13.3. The average Bonchev–Trinajstić information content (AvgIpc) is 3.07. The second-order valence-corrected chi connectivity index (χ2v) is 8.99. The van der Waals surface area contributed by atoms with Crippen molar-refractivity contribution in [3.8, 4) is 11.3 Å². The summed E-state index contributed by atoms with van der Waals surface area (Å²) in [5.74, 6) is -0.211. The van der Waals surface area contributed by atoms with Crippen molar-refractivity contribution < 1.29 is 13.2 Å². The highest BCUT2D eigenvalue weighted by Gasteiger charge is 2.19. The molecule has 1 aromatic heterocycles. The maximum absolute atomic E-state index is 13.3. The lowest BCUT2D eigenvalue weighted by Gasteiger charge is -2.10. The highest BCUT2D eigenvalue weighted by atomic mass is 35.5. The van der Waals surface area contributed by atoms with Gasteiger partial charge in [0.1, 0.15) is 0 Å². The Morgan fingerprint density at radius 1 is 0.893 bits per heavy atom. The molecule has 0 bridgehead atoms. The normalized spacial score (nSPS) is 11.6. The van der Waals surface area contributed by atoms with Crippen LogP contribution in [-0.4, -0.2) is 25.1 Å². The summed E-state index contributed by atoms with van der Waals surface area (Å²) in [5.41, 5.74) is 2.69. The Labute approximate surface area is 167 Å². The molecule has 0 N–H and O–H groups in total. The van der Waals surface area contributed by atoms with Crippen molar-refractivity contribution in [2.75, 3.05) is 6.26 Å². The Balaban J connectivity index is 1.99. The van der Waals surface area contributed by atoms with Crippen molar-refractivity contribution in [2.45, 2.75) is 4.90 Å². The molecule has 0 saturated heterocycles. The SMILES string of the molecule is CS(=O)(=O)c1ccc2c(c1)cc(-c1ccccc1)n2C(=O)c1ccc(Cl)cc1. The van der Waals surface area contributed by atoms with Crippen LogP contribution >= 0.6 is 11.6 Å². The van der Waals surface area contributed by atoms with Crippen LogP contribution in [0.4, 0.5) is 0 Å². The van der Waals surface area contributed by atoms with Gasteiger partial charge < -0.3 is 0 Å². The first-order valence-corrected chi connectivity index (χ1v) is 10.8. The van der Waals surface area contributed by atoms with E-state index < -0.39 is 9.84 Å². The van der Waals surface area contributed by atoms with Crippen LogP contribution in [0.15, 0.2) is 83.8 Å². The highest BCUT2D eigenvalue weighted by molar-refractivity contribution is 7.90. The van der Waals surface area contributed by atoms with Crippen molar-refractivity contribution in [1.29, 1.82) is 0 Å². The van der Waals surface area contributed by atoms with E-state index in [0.717, 1.165) is 5.56 Å². The molecule has 0 saturated carbocycles. The largest absolute Gasteiger partial charge is 0.276 e. The van der Waals surface area contributed by atoms with Crippen LogP contribution in [0, 0.1) is 0 Å². The molecule has 1 heterocycles. The lowest BCUT2D eigenvalue weighted by atomic mass is 10.1. The van der Waals surface area contributed by atoms with Gasteiger partial charge in [0.15, 0.2) is 9.84 Å². The molecule has 0 aliphatic rings. The van der Waals surface area contributed by atoms with Crippen molar-refractivity contribution in [3.63, 3.8) is 0 Å². The third-order valence-corrected chi connectivity index (χ3v) is 5.93. The number of carbonyl (C=O) groups excluding carboxylic acids is 1. The van der Waals surface area contributed by atoms with Gasteiger partial charge in [-0.25, -0.2) is 8.42 Å². The third kappa shape index (κ3) is 3.35. The molecule has 0 fully saturated rings. The van der Waals surface area contributed by atoms with Crippen LogP contribution in [0.5, 0.6) is 0 Å². The molecule has 140 valence electrons. The molecule has 4 aromatic rings. The third-order valence-electron chi connectivity index (χ3n) is 4.56. The number of aromatic nitrogens is 1. The zero-order valence-electron chi connectivity index (χ0n) is 15.0. The van der Waals surface area contributed by atoms with Gasteiger partial charge in [-0.2, -0.15) is 0 Å². The number of hydrogen-bond donors (Lipinski definition) is 0. The Bertz CT molecular complexity index is 1290. The van der Waals surface area contributed by atoms with Gasteiger partial charge in [0.2, 0.25) is 0 Å². The van der Waals surface area contributed by atoms with E-state index in [0.29, 0.717) is 27.2 Å². The summed E-state index contributed by atoms with van der Waals surface area (Å²) in [5, 5.41) is 1.24. The first-order valence-electron chi connectivity index (χ1n) is 8.56. The number of sulfone groups is 1. The van der Waals surface area contributed by atoms with Crippen molar-refractivity contribution >= 4 is 38.2 Å². The van der Waals surface area contributed by atoms with Crippen LogP contribution in [0.1, 0.15) is 10.4 Å². The minimum atomic E-state index is -3.35. The molecule has 0 unspecified atom stereocenters. The van der Waals surface area contributed by atoms with Crippen molar-refractivity contribution in [3.05, 3.63) is 89.4 Å². The standard InChI is InChI=1S/C22H16ClNO3S/c1-28(26,27)19-11-12-20-17(13-19)14-21(15-5-3-2-4-6-15)24(20)22(25)16-7-9-18(23)10-8-16/h2-14H,1H3. The summed E-state index contributed by atoms with van der Waals surface area (Å²) in [6.07, 6.45) is 1.17. The fraction of sp³-hybridized carbons (Fsp3) is 0.0455. The van der Waals surface area contributed by atoms with Gasteiger partial charge in [-0.1, -0.05) is 41.9 Å². The summed E-state index contributed by atoms with van der Waals surface area (Å²) in [4.78, 5) is 13.5. The highest BCUT2D eigenvalue weighted by Crippen LogP contribution is 2.31. The molecule has 0 aliphatic heterocycles. The molecule has 0 amide bonds. The number of hydrogen-bond acceptors (Lipinski definition) is 3. The van der Waals surface area contributed by atoms with E-state index in [9.17, 15) is 13.2 Å². The molecule has 0 radical (unpaired) electrons. The summed E-state index contributed by atoms with van der Waals surface area (Å²) in [6.45, 7) is 0. The van der Waals surface area contributed by atoms with E-state index in [1.54, 1.807) is 41.0 Å². The van der Waals surface area contributed by atoms with Crippen LogP contribution in [-0.2, 0) is 9.84 Å². The lowest BCUT2D eigenvalue weighted by molar-refractivity contribution is 0.0966. The molecule has 6 heteroatoms. The number of halogens is 1. The monoisotopic (exact) mass is 409 g/mol. The van der Waals surface area contributed by atoms with Gasteiger partial charge >= 0.3 is 0 Å². The Hall–Kier alpha value is -2.89. The summed E-state index contributed by atoms with van der Waals surface area (Å²) >= 11 is 5.95. The second-order valence-electron chi connectivity index (χ2n) is 6.54. The molecule has 28 heavy (non-hydrogen) atoms. The van der Waals surface area contributed by atoms with Crippen LogP contribution < -0.4 is 0 Å². The zero-order chi connectivity index (χ0) is 19.9. The first kappa shape index (κ1) is 18.5. The molecule has 0 atom stereocenters. The predicted molar refractivity (Wildman–Crippen MR) is 112 cm³/mol. The molecular weight excluding hydrogens is 394 g/mol. The van der Waals surface area contributed by atoms with Crippen molar-refractivity contribution in [1.82, 2.24) is 4.57 Å². The predicted octanol–water partition coefficient (Wildman–Crippen LogP) is 5.05. The van der Waals surface area contributed by atoms with E-state index >= 15 is 0 Å². The van der Waals surface area contributed by atoms with Crippen molar-refractivity contribution in [2.24, 2.45) is 0 Å². The molecule has 4 nitrogen and oxygen atoms in total. The lowest BCUT2D eigenvalue weighted by Crippen LogP contribution is -2.13. The van der Waals surface area contributed by atoms with E-state index in [-0.39, 0.29) is 10.8 Å². The maximum Gasteiger partial charge on any atom is 0.262 e. The van der Waals surface area contributed by atoms with Gasteiger partial charge in [0.25, 0.3) is 5.91 Å².